The summed E-state index contributed by atoms with van der Waals surface area (Å²) in [4.78, 5) is 13.7. The quantitative estimate of drug-likeness (QED) is 0.889. The Bertz CT molecular complexity index is 656. The van der Waals surface area contributed by atoms with Gasteiger partial charge in [0.2, 0.25) is 0 Å². The van der Waals surface area contributed by atoms with E-state index in [-0.39, 0.29) is 11.7 Å². The number of nitrogens with one attached hydrogen (secondary N) is 1. The molecule has 0 fully saturated rings. The Labute approximate surface area is 132 Å². The second-order valence-corrected chi connectivity index (χ2v) is 5.70. The molecule has 5 heteroatoms. The highest BCUT2D eigenvalue weighted by molar-refractivity contribution is 9.10. The van der Waals surface area contributed by atoms with Gasteiger partial charge in [-0.05, 0) is 34.1 Å². The molecule has 4 nitrogen and oxygen atoms in total. The number of anilines is 1. The van der Waals surface area contributed by atoms with E-state index in [4.69, 9.17) is 0 Å². The molecule has 0 heterocycles. The molecule has 110 valence electrons. The van der Waals surface area contributed by atoms with Crippen LogP contribution in [0.4, 0.5) is 5.69 Å². The Morgan fingerprint density at radius 2 is 1.90 bits per heavy atom. The predicted octanol–water partition coefficient (Wildman–Crippen LogP) is 3.47. The number of aromatic hydroxyl groups is 1. The Morgan fingerprint density at radius 3 is 2.62 bits per heavy atom. The fraction of sp³-hybridized carbons (Fsp3) is 0.188. The van der Waals surface area contributed by atoms with E-state index >= 15 is 0 Å². The Hall–Kier alpha value is -2.01. The lowest BCUT2D eigenvalue weighted by atomic mass is 10.1. The molecule has 0 aromatic heterocycles. The largest absolute Gasteiger partial charge is 0.506 e. The lowest BCUT2D eigenvalue weighted by Crippen LogP contribution is -2.22. The first-order valence-corrected chi connectivity index (χ1v) is 7.31. The first kappa shape index (κ1) is 15.4. The van der Waals surface area contributed by atoms with E-state index in [0.29, 0.717) is 16.6 Å². The monoisotopic (exact) mass is 348 g/mol. The number of amides is 1. The van der Waals surface area contributed by atoms with E-state index < -0.39 is 0 Å². The number of carbonyl (C=O) groups is 1. The smallest absolute Gasteiger partial charge is 0.255 e. The Morgan fingerprint density at radius 1 is 1.19 bits per heavy atom. The van der Waals surface area contributed by atoms with Crippen molar-refractivity contribution in [2.24, 2.45) is 0 Å². The topological polar surface area (TPSA) is 52.6 Å². The van der Waals surface area contributed by atoms with Crippen LogP contribution in [0.2, 0.25) is 0 Å². The van der Waals surface area contributed by atoms with Crippen molar-refractivity contribution in [3.63, 3.8) is 0 Å². The van der Waals surface area contributed by atoms with Crippen LogP contribution in [0.15, 0.2) is 46.9 Å². The third-order valence-electron chi connectivity index (χ3n) is 3.10. The summed E-state index contributed by atoms with van der Waals surface area (Å²) in [6.45, 7) is 0.434. The summed E-state index contributed by atoms with van der Waals surface area (Å²) in [5.74, 6) is 0.151. The molecule has 0 aliphatic heterocycles. The van der Waals surface area contributed by atoms with Crippen molar-refractivity contribution >= 4 is 27.5 Å². The zero-order valence-electron chi connectivity index (χ0n) is 11.9. The molecule has 0 saturated carbocycles. The van der Waals surface area contributed by atoms with Crippen molar-refractivity contribution in [1.82, 2.24) is 4.90 Å². The summed E-state index contributed by atoms with van der Waals surface area (Å²) in [5, 5.41) is 13.2. The summed E-state index contributed by atoms with van der Waals surface area (Å²) in [6, 6.07) is 12.8. The molecule has 0 radical (unpaired) electrons. The number of para-hydroxylation sites is 2. The highest BCUT2D eigenvalue weighted by Crippen LogP contribution is 2.28. The van der Waals surface area contributed by atoms with Gasteiger partial charge in [0.1, 0.15) is 5.75 Å². The van der Waals surface area contributed by atoms with Gasteiger partial charge in [-0.3, -0.25) is 4.79 Å². The molecule has 0 spiro atoms. The van der Waals surface area contributed by atoms with Crippen LogP contribution in [0.5, 0.6) is 5.75 Å². The predicted molar refractivity (Wildman–Crippen MR) is 87.6 cm³/mol. The molecule has 0 atom stereocenters. The van der Waals surface area contributed by atoms with Crippen LogP contribution < -0.4 is 5.32 Å². The third kappa shape index (κ3) is 3.55. The summed E-state index contributed by atoms with van der Waals surface area (Å²) in [7, 11) is 3.44. The molecule has 0 unspecified atom stereocenters. The summed E-state index contributed by atoms with van der Waals surface area (Å²) in [5.41, 5.74) is 2.11. The average molecular weight is 349 g/mol. The van der Waals surface area contributed by atoms with Crippen LogP contribution in [-0.2, 0) is 6.54 Å². The van der Waals surface area contributed by atoms with Gasteiger partial charge in [0.05, 0.1) is 10.0 Å². The van der Waals surface area contributed by atoms with Crippen molar-refractivity contribution in [2.45, 2.75) is 6.54 Å². The molecule has 0 bridgehead atoms. The standard InChI is InChI=1S/C16H17BrN2O2/c1-19(2)16(21)12-7-3-4-9-14(12)18-10-11-6-5-8-13(17)15(11)20/h3-9,18,20H,10H2,1-2H3. The maximum absolute atomic E-state index is 12.1. The fourth-order valence-electron chi connectivity index (χ4n) is 1.96. The number of hydrogen-bond donors (Lipinski definition) is 2. The third-order valence-corrected chi connectivity index (χ3v) is 3.74. The maximum Gasteiger partial charge on any atom is 0.255 e. The minimum Gasteiger partial charge on any atom is -0.506 e. The number of phenols is 1. The minimum atomic E-state index is -0.0587. The van der Waals surface area contributed by atoms with Crippen LogP contribution in [0.1, 0.15) is 15.9 Å². The summed E-state index contributed by atoms with van der Waals surface area (Å²) >= 11 is 3.29. The molecule has 2 aromatic rings. The molecule has 2 aromatic carbocycles. The fourth-order valence-corrected chi connectivity index (χ4v) is 2.37. The molecule has 0 aliphatic rings. The van der Waals surface area contributed by atoms with Gasteiger partial charge in [-0.1, -0.05) is 24.3 Å². The summed E-state index contributed by atoms with van der Waals surface area (Å²) in [6.07, 6.45) is 0. The van der Waals surface area contributed by atoms with E-state index in [2.05, 4.69) is 21.2 Å². The molecule has 2 rings (SSSR count). The maximum atomic E-state index is 12.1. The second kappa shape index (κ2) is 6.63. The van der Waals surface area contributed by atoms with Gasteiger partial charge >= 0.3 is 0 Å². The molecule has 1 amide bonds. The van der Waals surface area contributed by atoms with Crippen LogP contribution >= 0.6 is 15.9 Å². The number of nitrogens with zero attached hydrogens (tertiary/aromatic N) is 1. The highest BCUT2D eigenvalue weighted by atomic mass is 79.9. The lowest BCUT2D eigenvalue weighted by Gasteiger charge is -2.15. The van der Waals surface area contributed by atoms with E-state index in [9.17, 15) is 9.90 Å². The zero-order chi connectivity index (χ0) is 15.4. The van der Waals surface area contributed by atoms with Crippen molar-refractivity contribution in [1.29, 1.82) is 0 Å². The number of halogens is 1. The van der Waals surface area contributed by atoms with E-state index in [1.807, 2.05) is 30.3 Å². The van der Waals surface area contributed by atoms with E-state index in [1.165, 1.54) is 4.90 Å². The van der Waals surface area contributed by atoms with Gasteiger partial charge < -0.3 is 15.3 Å². The molecule has 21 heavy (non-hydrogen) atoms. The van der Waals surface area contributed by atoms with Gasteiger partial charge in [0.15, 0.2) is 0 Å². The molecular formula is C16H17BrN2O2. The van der Waals surface area contributed by atoms with Crippen LogP contribution in [0.3, 0.4) is 0 Å². The van der Waals surface area contributed by atoms with Crippen molar-refractivity contribution < 1.29 is 9.90 Å². The normalized spacial score (nSPS) is 10.2. The minimum absolute atomic E-state index is 0.0587. The van der Waals surface area contributed by atoms with Crippen LogP contribution in [0, 0.1) is 0 Å². The lowest BCUT2D eigenvalue weighted by molar-refractivity contribution is 0.0828. The first-order chi connectivity index (χ1) is 10.0. The number of hydrogen-bond acceptors (Lipinski definition) is 3. The van der Waals surface area contributed by atoms with Gasteiger partial charge in [-0.15, -0.1) is 0 Å². The van der Waals surface area contributed by atoms with Crippen LogP contribution in [-0.4, -0.2) is 30.0 Å². The number of carbonyl (C=O) groups excluding carboxylic acids is 1. The van der Waals surface area contributed by atoms with Crippen molar-refractivity contribution in [3.8, 4) is 5.75 Å². The Balaban J connectivity index is 2.21. The van der Waals surface area contributed by atoms with Gasteiger partial charge in [-0.2, -0.15) is 0 Å². The number of benzene rings is 2. The van der Waals surface area contributed by atoms with Crippen molar-refractivity contribution in [2.75, 3.05) is 19.4 Å². The SMILES string of the molecule is CN(C)C(=O)c1ccccc1NCc1cccc(Br)c1O. The molecule has 2 N–H and O–H groups in total. The molecular weight excluding hydrogens is 332 g/mol. The van der Waals surface area contributed by atoms with Gasteiger partial charge in [0, 0.05) is 31.9 Å². The van der Waals surface area contributed by atoms with E-state index in [0.717, 1.165) is 11.3 Å². The van der Waals surface area contributed by atoms with Crippen LogP contribution in [0.25, 0.3) is 0 Å². The van der Waals surface area contributed by atoms with E-state index in [1.54, 1.807) is 26.2 Å². The number of phenolic OH excluding ortho intramolecular Hbond substituents is 1. The van der Waals surface area contributed by atoms with Gasteiger partial charge in [-0.25, -0.2) is 0 Å². The Kier molecular flexibility index (Phi) is 4.85. The summed E-state index contributed by atoms with van der Waals surface area (Å²) < 4.78 is 0.652. The second-order valence-electron chi connectivity index (χ2n) is 4.85. The van der Waals surface area contributed by atoms with Crippen molar-refractivity contribution in [3.05, 3.63) is 58.1 Å². The zero-order valence-corrected chi connectivity index (χ0v) is 13.5. The molecule has 0 aliphatic carbocycles. The number of rotatable bonds is 4. The van der Waals surface area contributed by atoms with Gasteiger partial charge in [0.25, 0.3) is 5.91 Å². The average Bonchev–Trinajstić information content (AvgIpc) is 2.48. The first-order valence-electron chi connectivity index (χ1n) is 6.51. The highest BCUT2D eigenvalue weighted by Gasteiger charge is 2.13. The molecule has 0 saturated heterocycles.